The van der Waals surface area contributed by atoms with E-state index in [1.807, 2.05) is 18.2 Å². The Bertz CT molecular complexity index is 831. The molecule has 0 bridgehead atoms. The second-order valence-corrected chi connectivity index (χ2v) is 6.73. The molecule has 1 fully saturated rings. The molecule has 0 radical (unpaired) electrons. The summed E-state index contributed by atoms with van der Waals surface area (Å²) >= 11 is 0. The minimum atomic E-state index is -0.520. The van der Waals surface area contributed by atoms with E-state index in [1.165, 1.54) is 0 Å². The van der Waals surface area contributed by atoms with Crippen molar-refractivity contribution < 1.29 is 14.3 Å². The van der Waals surface area contributed by atoms with Crippen LogP contribution in [0.1, 0.15) is 46.5 Å². The predicted molar refractivity (Wildman–Crippen MR) is 91.5 cm³/mol. The lowest BCUT2D eigenvalue weighted by atomic mass is 9.84. The van der Waals surface area contributed by atoms with Crippen LogP contribution in [0.2, 0.25) is 0 Å². The molecule has 1 unspecified atom stereocenters. The SMILES string of the molecule is Nc1cc(C(=O)N2CCCC3(CC2)CC(=O)c2ccccc2O3)[nH]n1. The molecule has 1 aromatic carbocycles. The van der Waals surface area contributed by atoms with E-state index < -0.39 is 5.60 Å². The maximum Gasteiger partial charge on any atom is 0.271 e. The molecule has 0 saturated carbocycles. The number of likely N-dealkylation sites (tertiary alicyclic amines) is 1. The lowest BCUT2D eigenvalue weighted by molar-refractivity contribution is 0.0300. The van der Waals surface area contributed by atoms with E-state index in [0.717, 1.165) is 12.8 Å². The molecule has 4 rings (SSSR count). The van der Waals surface area contributed by atoms with Crippen LogP contribution < -0.4 is 10.5 Å². The van der Waals surface area contributed by atoms with Gasteiger partial charge in [0.1, 0.15) is 22.9 Å². The van der Waals surface area contributed by atoms with Crippen molar-refractivity contribution in [2.45, 2.75) is 31.3 Å². The van der Waals surface area contributed by atoms with E-state index in [9.17, 15) is 9.59 Å². The number of fused-ring (bicyclic) bond motifs is 1. The number of para-hydroxylation sites is 1. The number of rotatable bonds is 1. The summed E-state index contributed by atoms with van der Waals surface area (Å²) in [4.78, 5) is 26.9. The molecule has 1 aromatic heterocycles. The summed E-state index contributed by atoms with van der Waals surface area (Å²) < 4.78 is 6.25. The van der Waals surface area contributed by atoms with Gasteiger partial charge < -0.3 is 15.4 Å². The number of amides is 1. The van der Waals surface area contributed by atoms with E-state index in [1.54, 1.807) is 17.0 Å². The van der Waals surface area contributed by atoms with Crippen molar-refractivity contribution in [2.24, 2.45) is 0 Å². The number of nitrogen functional groups attached to an aromatic ring is 1. The summed E-state index contributed by atoms with van der Waals surface area (Å²) in [7, 11) is 0. The second-order valence-electron chi connectivity index (χ2n) is 6.73. The molecule has 1 atom stereocenters. The molecular formula is C18H20N4O3. The van der Waals surface area contributed by atoms with Gasteiger partial charge in [0.05, 0.1) is 12.0 Å². The first-order valence-corrected chi connectivity index (χ1v) is 8.48. The fourth-order valence-corrected chi connectivity index (χ4v) is 3.71. The van der Waals surface area contributed by atoms with Crippen molar-refractivity contribution in [3.63, 3.8) is 0 Å². The molecule has 25 heavy (non-hydrogen) atoms. The van der Waals surface area contributed by atoms with E-state index in [0.29, 0.717) is 48.8 Å². The highest BCUT2D eigenvalue weighted by molar-refractivity contribution is 6.00. The minimum Gasteiger partial charge on any atom is -0.486 e. The first kappa shape index (κ1) is 15.7. The summed E-state index contributed by atoms with van der Waals surface area (Å²) in [6.07, 6.45) is 2.53. The molecule has 1 spiro atoms. The molecule has 3 N–H and O–H groups in total. The number of hydrogen-bond acceptors (Lipinski definition) is 5. The van der Waals surface area contributed by atoms with Crippen LogP contribution in [0.4, 0.5) is 5.82 Å². The van der Waals surface area contributed by atoms with Gasteiger partial charge in [-0.1, -0.05) is 12.1 Å². The summed E-state index contributed by atoms with van der Waals surface area (Å²) in [5, 5.41) is 6.47. The number of nitrogens with two attached hydrogens (primary N) is 1. The van der Waals surface area contributed by atoms with Crippen molar-refractivity contribution in [3.05, 3.63) is 41.6 Å². The lowest BCUT2D eigenvalue weighted by Crippen LogP contribution is -2.43. The van der Waals surface area contributed by atoms with Gasteiger partial charge in [0.15, 0.2) is 5.78 Å². The topological polar surface area (TPSA) is 101 Å². The van der Waals surface area contributed by atoms with Gasteiger partial charge in [0.2, 0.25) is 0 Å². The standard InChI is InChI=1S/C18H20N4O3/c19-16-10-13(20-21-16)17(24)22-8-3-6-18(7-9-22)11-14(23)12-4-1-2-5-15(12)25-18/h1-2,4-5,10H,3,6-9,11H2,(H3,19,20,21). The zero-order valence-corrected chi connectivity index (χ0v) is 13.8. The summed E-state index contributed by atoms with van der Waals surface area (Å²) in [5.41, 5.74) is 6.10. The Balaban J connectivity index is 1.52. The van der Waals surface area contributed by atoms with E-state index in [2.05, 4.69) is 10.2 Å². The number of ether oxygens (including phenoxy) is 1. The summed E-state index contributed by atoms with van der Waals surface area (Å²) in [5.74, 6) is 0.944. The Labute approximate surface area is 145 Å². The van der Waals surface area contributed by atoms with Crippen molar-refractivity contribution in [1.82, 2.24) is 15.1 Å². The number of hydrogen-bond donors (Lipinski definition) is 2. The highest BCUT2D eigenvalue weighted by Gasteiger charge is 2.42. The van der Waals surface area contributed by atoms with Gasteiger partial charge in [0.25, 0.3) is 5.91 Å². The second kappa shape index (κ2) is 5.91. The van der Waals surface area contributed by atoms with E-state index in [4.69, 9.17) is 10.5 Å². The molecule has 2 aliphatic rings. The average molecular weight is 340 g/mol. The fraction of sp³-hybridized carbons (Fsp3) is 0.389. The van der Waals surface area contributed by atoms with Gasteiger partial charge in [-0.15, -0.1) is 0 Å². The number of carbonyl (C=O) groups is 2. The lowest BCUT2D eigenvalue weighted by Gasteiger charge is -2.37. The van der Waals surface area contributed by atoms with Crippen LogP contribution >= 0.6 is 0 Å². The molecule has 0 aliphatic carbocycles. The van der Waals surface area contributed by atoms with Gasteiger partial charge in [-0.25, -0.2) is 0 Å². The smallest absolute Gasteiger partial charge is 0.271 e. The Morgan fingerprint density at radius 3 is 2.92 bits per heavy atom. The largest absolute Gasteiger partial charge is 0.486 e. The average Bonchev–Trinajstić information content (AvgIpc) is 2.94. The first-order valence-electron chi connectivity index (χ1n) is 8.48. The van der Waals surface area contributed by atoms with Crippen LogP contribution in [0.15, 0.2) is 30.3 Å². The number of H-pyrrole nitrogens is 1. The molecule has 2 aliphatic heterocycles. The third-order valence-electron chi connectivity index (χ3n) is 5.01. The number of ketones is 1. The highest BCUT2D eigenvalue weighted by Crippen LogP contribution is 2.39. The summed E-state index contributed by atoms with van der Waals surface area (Å²) in [6.45, 7) is 1.16. The predicted octanol–water partition coefficient (Wildman–Crippen LogP) is 2.02. The Morgan fingerprint density at radius 2 is 2.12 bits per heavy atom. The maximum absolute atomic E-state index is 12.6. The molecule has 7 nitrogen and oxygen atoms in total. The third-order valence-corrected chi connectivity index (χ3v) is 5.01. The van der Waals surface area contributed by atoms with Gasteiger partial charge in [-0.2, -0.15) is 5.10 Å². The highest BCUT2D eigenvalue weighted by atomic mass is 16.5. The number of carbonyl (C=O) groups excluding carboxylic acids is 2. The number of benzene rings is 1. The zero-order valence-electron chi connectivity index (χ0n) is 13.8. The first-order chi connectivity index (χ1) is 12.1. The summed E-state index contributed by atoms with van der Waals surface area (Å²) in [6, 6.07) is 8.91. The normalized spacial score (nSPS) is 23.0. The molecular weight excluding hydrogens is 320 g/mol. The molecule has 1 amide bonds. The van der Waals surface area contributed by atoms with Crippen LogP contribution in [0, 0.1) is 0 Å². The van der Waals surface area contributed by atoms with Gasteiger partial charge in [-0.05, 0) is 25.0 Å². The van der Waals surface area contributed by atoms with Crippen molar-refractivity contribution in [2.75, 3.05) is 18.8 Å². The number of nitrogens with one attached hydrogen (secondary N) is 1. The number of aromatic amines is 1. The number of anilines is 1. The molecule has 130 valence electrons. The molecule has 3 heterocycles. The van der Waals surface area contributed by atoms with Gasteiger partial charge in [-0.3, -0.25) is 14.7 Å². The van der Waals surface area contributed by atoms with E-state index >= 15 is 0 Å². The number of aromatic nitrogens is 2. The van der Waals surface area contributed by atoms with Crippen LogP contribution in [0.25, 0.3) is 0 Å². The van der Waals surface area contributed by atoms with Crippen molar-refractivity contribution >= 4 is 17.5 Å². The van der Waals surface area contributed by atoms with Crippen LogP contribution in [-0.4, -0.2) is 45.5 Å². The molecule has 2 aromatic rings. The molecule has 1 saturated heterocycles. The van der Waals surface area contributed by atoms with Crippen LogP contribution in [0.3, 0.4) is 0 Å². The fourth-order valence-electron chi connectivity index (χ4n) is 3.71. The van der Waals surface area contributed by atoms with Crippen molar-refractivity contribution in [1.29, 1.82) is 0 Å². The van der Waals surface area contributed by atoms with Crippen molar-refractivity contribution in [3.8, 4) is 5.75 Å². The van der Waals surface area contributed by atoms with Crippen LogP contribution in [0.5, 0.6) is 5.75 Å². The molecule has 7 heteroatoms. The number of nitrogens with zero attached hydrogens (tertiary/aromatic N) is 2. The zero-order chi connectivity index (χ0) is 17.4. The quantitative estimate of drug-likeness (QED) is 0.827. The number of Topliss-reactive ketones (excluding diaryl/α,β-unsaturated/α-hetero) is 1. The minimum absolute atomic E-state index is 0.114. The Kier molecular flexibility index (Phi) is 3.71. The monoisotopic (exact) mass is 340 g/mol. The van der Waals surface area contributed by atoms with Gasteiger partial charge in [0, 0.05) is 25.6 Å². The van der Waals surface area contributed by atoms with Gasteiger partial charge >= 0.3 is 0 Å². The maximum atomic E-state index is 12.6. The Morgan fingerprint density at radius 1 is 1.28 bits per heavy atom. The van der Waals surface area contributed by atoms with E-state index in [-0.39, 0.29) is 11.7 Å². The third kappa shape index (κ3) is 2.86. The van der Waals surface area contributed by atoms with Crippen LogP contribution in [-0.2, 0) is 0 Å². The Hall–Kier alpha value is -2.83.